The molecule has 0 aromatic carbocycles. The van der Waals surface area contributed by atoms with Crippen LogP contribution in [0, 0.1) is 17.0 Å². The van der Waals surface area contributed by atoms with Crippen molar-refractivity contribution < 1.29 is 4.92 Å². The molecule has 0 radical (unpaired) electrons. The molecule has 0 fully saturated rings. The normalized spacial score (nSPS) is 8.67. The first-order chi connectivity index (χ1) is 5.61. The Morgan fingerprint density at radius 2 is 2.08 bits per heavy atom. The minimum absolute atomic E-state index is 0.0972. The van der Waals surface area contributed by atoms with Crippen LogP contribution in [-0.4, -0.2) is 14.7 Å². The van der Waals surface area contributed by atoms with Crippen LogP contribution in [0.5, 0.6) is 0 Å². The van der Waals surface area contributed by atoms with Crippen LogP contribution in [0.3, 0.4) is 0 Å². The van der Waals surface area contributed by atoms with Gasteiger partial charge < -0.3 is 10.1 Å². The molecular weight excluding hydrogens is 158 g/mol. The predicted molar refractivity (Wildman–Crippen MR) is 45.9 cm³/mol. The molecule has 1 heterocycles. The van der Waals surface area contributed by atoms with Crippen molar-refractivity contribution in [3.63, 3.8) is 0 Å². The zero-order valence-electron chi connectivity index (χ0n) is 7.74. The van der Waals surface area contributed by atoms with Crippen LogP contribution in [0.2, 0.25) is 0 Å². The van der Waals surface area contributed by atoms with Crippen LogP contribution < -0.4 is 0 Å². The Morgan fingerprint density at radius 1 is 1.58 bits per heavy atom. The summed E-state index contributed by atoms with van der Waals surface area (Å²) in [6.45, 7) is 5.76. The largest absolute Gasteiger partial charge is 0.390 e. The highest BCUT2D eigenvalue weighted by Gasteiger charge is 2.11. The molecule has 5 heteroatoms. The number of rotatable bonds is 1. The molecule has 1 aromatic rings. The lowest BCUT2D eigenvalue weighted by atomic mass is 10.5. The third kappa shape index (κ3) is 2.34. The van der Waals surface area contributed by atoms with Gasteiger partial charge in [0.25, 0.3) is 0 Å². The highest BCUT2D eigenvalue weighted by atomic mass is 16.6. The standard InChI is InChI=1S/C5H7N3O2.C2H6/c1-4-3-5(8(9)10)6-7(4)2;1-2/h3H,1-2H3;1-2H3. The lowest BCUT2D eigenvalue weighted by Crippen LogP contribution is -1.93. The summed E-state index contributed by atoms with van der Waals surface area (Å²) in [5.74, 6) is -0.0972. The van der Waals surface area contributed by atoms with E-state index in [1.54, 1.807) is 14.0 Å². The van der Waals surface area contributed by atoms with Crippen LogP contribution in [-0.2, 0) is 7.05 Å². The van der Waals surface area contributed by atoms with Gasteiger partial charge in [-0.25, -0.2) is 0 Å². The van der Waals surface area contributed by atoms with Crippen molar-refractivity contribution >= 4 is 5.82 Å². The molecule has 1 aromatic heterocycles. The number of hydrogen-bond donors (Lipinski definition) is 0. The van der Waals surface area contributed by atoms with E-state index in [2.05, 4.69) is 5.10 Å². The lowest BCUT2D eigenvalue weighted by molar-refractivity contribution is -0.389. The number of aryl methyl sites for hydroxylation is 2. The van der Waals surface area contributed by atoms with Crippen LogP contribution in [0.1, 0.15) is 19.5 Å². The van der Waals surface area contributed by atoms with E-state index in [0.717, 1.165) is 5.69 Å². The van der Waals surface area contributed by atoms with Crippen molar-refractivity contribution in [2.24, 2.45) is 7.05 Å². The molecule has 12 heavy (non-hydrogen) atoms. The molecule has 0 atom stereocenters. The summed E-state index contributed by atoms with van der Waals surface area (Å²) in [4.78, 5) is 9.59. The summed E-state index contributed by atoms with van der Waals surface area (Å²) in [5.41, 5.74) is 0.784. The Balaban J connectivity index is 0.000000561. The van der Waals surface area contributed by atoms with Crippen molar-refractivity contribution in [2.45, 2.75) is 20.8 Å². The number of nitrogens with zero attached hydrogens (tertiary/aromatic N) is 3. The molecule has 0 N–H and O–H groups in total. The van der Waals surface area contributed by atoms with E-state index in [4.69, 9.17) is 0 Å². The molecule has 0 spiro atoms. The fourth-order valence-electron chi connectivity index (χ4n) is 0.631. The fourth-order valence-corrected chi connectivity index (χ4v) is 0.631. The zero-order chi connectivity index (χ0) is 9.72. The second kappa shape index (κ2) is 4.48. The van der Waals surface area contributed by atoms with Crippen molar-refractivity contribution in [3.8, 4) is 0 Å². The van der Waals surface area contributed by atoms with Crippen LogP contribution >= 0.6 is 0 Å². The van der Waals surface area contributed by atoms with Gasteiger partial charge in [-0.05, 0) is 11.8 Å². The number of nitro groups is 1. The molecule has 68 valence electrons. The number of hydrogen-bond acceptors (Lipinski definition) is 3. The first-order valence-electron chi connectivity index (χ1n) is 3.76. The van der Waals surface area contributed by atoms with E-state index in [1.165, 1.54) is 10.7 Å². The maximum atomic E-state index is 10.1. The van der Waals surface area contributed by atoms with Gasteiger partial charge >= 0.3 is 5.82 Å². The van der Waals surface area contributed by atoms with E-state index in [9.17, 15) is 10.1 Å². The molecule has 0 saturated carbocycles. The van der Waals surface area contributed by atoms with Gasteiger partial charge in [-0.1, -0.05) is 13.8 Å². The summed E-state index contributed by atoms with van der Waals surface area (Å²) in [6, 6.07) is 1.43. The summed E-state index contributed by atoms with van der Waals surface area (Å²) in [7, 11) is 1.67. The second-order valence-corrected chi connectivity index (χ2v) is 2.02. The monoisotopic (exact) mass is 171 g/mol. The molecule has 0 aliphatic carbocycles. The first-order valence-corrected chi connectivity index (χ1v) is 3.76. The zero-order valence-corrected chi connectivity index (χ0v) is 7.74. The van der Waals surface area contributed by atoms with Gasteiger partial charge in [0.15, 0.2) is 0 Å². The average Bonchev–Trinajstić information content (AvgIpc) is 2.36. The SMILES string of the molecule is CC.Cc1cc([N+](=O)[O-])nn1C. The third-order valence-electron chi connectivity index (χ3n) is 1.29. The van der Waals surface area contributed by atoms with Crippen LogP contribution in [0.4, 0.5) is 5.82 Å². The van der Waals surface area contributed by atoms with Gasteiger partial charge in [-0.2, -0.15) is 4.68 Å². The van der Waals surface area contributed by atoms with Gasteiger partial charge in [0, 0.05) is 0 Å². The summed E-state index contributed by atoms with van der Waals surface area (Å²) in [5, 5.41) is 13.7. The van der Waals surface area contributed by atoms with Gasteiger partial charge in [0.2, 0.25) is 0 Å². The Morgan fingerprint density at radius 3 is 2.25 bits per heavy atom. The smallest absolute Gasteiger partial charge is 0.358 e. The Labute approximate surface area is 71.2 Å². The minimum atomic E-state index is -0.507. The Kier molecular flexibility index (Phi) is 3.96. The average molecular weight is 171 g/mol. The molecule has 1 rings (SSSR count). The molecule has 0 amide bonds. The van der Waals surface area contributed by atoms with Gasteiger partial charge in [0.05, 0.1) is 23.9 Å². The third-order valence-corrected chi connectivity index (χ3v) is 1.29. The van der Waals surface area contributed by atoms with E-state index >= 15 is 0 Å². The van der Waals surface area contributed by atoms with E-state index < -0.39 is 4.92 Å². The molecule has 0 saturated heterocycles. The van der Waals surface area contributed by atoms with Gasteiger partial charge in [-0.15, -0.1) is 0 Å². The molecule has 0 unspecified atom stereocenters. The van der Waals surface area contributed by atoms with E-state index in [-0.39, 0.29) is 5.82 Å². The molecule has 0 aliphatic rings. The molecular formula is C7H13N3O2. The van der Waals surface area contributed by atoms with Crippen LogP contribution in [0.25, 0.3) is 0 Å². The second-order valence-electron chi connectivity index (χ2n) is 2.02. The quantitative estimate of drug-likeness (QED) is 0.477. The van der Waals surface area contributed by atoms with Crippen LogP contribution in [0.15, 0.2) is 6.07 Å². The van der Waals surface area contributed by atoms with Crippen molar-refractivity contribution in [1.82, 2.24) is 9.78 Å². The topological polar surface area (TPSA) is 61.0 Å². The van der Waals surface area contributed by atoms with Crippen molar-refractivity contribution in [1.29, 1.82) is 0 Å². The van der Waals surface area contributed by atoms with Crippen molar-refractivity contribution in [3.05, 3.63) is 21.9 Å². The van der Waals surface area contributed by atoms with Crippen molar-refractivity contribution in [2.75, 3.05) is 0 Å². The summed E-state index contributed by atoms with van der Waals surface area (Å²) in [6.07, 6.45) is 0. The molecule has 0 aliphatic heterocycles. The first kappa shape index (κ1) is 10.6. The minimum Gasteiger partial charge on any atom is -0.358 e. The Bertz CT molecular complexity index is 248. The summed E-state index contributed by atoms with van der Waals surface area (Å²) >= 11 is 0. The maximum absolute atomic E-state index is 10.1. The fraction of sp³-hybridized carbons (Fsp3) is 0.571. The molecule has 0 bridgehead atoms. The molecule has 5 nitrogen and oxygen atoms in total. The Hall–Kier alpha value is -1.39. The van der Waals surface area contributed by atoms with E-state index in [0.29, 0.717) is 0 Å². The highest BCUT2D eigenvalue weighted by Crippen LogP contribution is 2.08. The number of aromatic nitrogens is 2. The highest BCUT2D eigenvalue weighted by molar-refractivity contribution is 5.20. The van der Waals surface area contributed by atoms with E-state index in [1.807, 2.05) is 13.8 Å². The van der Waals surface area contributed by atoms with Gasteiger partial charge in [0.1, 0.15) is 0 Å². The lowest BCUT2D eigenvalue weighted by Gasteiger charge is -1.81. The van der Waals surface area contributed by atoms with Gasteiger partial charge in [-0.3, -0.25) is 0 Å². The predicted octanol–water partition coefficient (Wildman–Crippen LogP) is 1.66. The maximum Gasteiger partial charge on any atom is 0.390 e. The summed E-state index contributed by atoms with van der Waals surface area (Å²) < 4.78 is 1.47.